The van der Waals surface area contributed by atoms with Crippen LogP contribution >= 0.6 is 11.8 Å². The second-order valence-corrected chi connectivity index (χ2v) is 11.5. The zero-order valence-corrected chi connectivity index (χ0v) is 25.2. The molecule has 3 aliphatic rings. The van der Waals surface area contributed by atoms with E-state index in [1.165, 1.54) is 11.8 Å². The lowest BCUT2D eigenvalue weighted by Crippen LogP contribution is -2.39. The maximum Gasteiger partial charge on any atom is 0.338 e. The molecule has 2 aromatic carbocycles. The zero-order chi connectivity index (χ0) is 29.6. The highest BCUT2D eigenvalue weighted by Crippen LogP contribution is 2.46. The minimum atomic E-state index is -0.576. The predicted molar refractivity (Wildman–Crippen MR) is 162 cm³/mol. The standard InChI is InChI=1S/C32H37N3O6S/c1-20(2)41-31(37)29-21(3)34-32-35(24(19-42-32)16-28(36)33-17-25-11-8-14-39-25)30(29)23-12-13-26(27(15-23)38-4)40-18-22-9-6-5-7-10-22/h5-7,9-10,12-13,15,19-20,25,30H,8,11,14,16-18H2,1-4H3,(H,33,36)/t25-,30-/m1/s1. The van der Waals surface area contributed by atoms with Gasteiger partial charge in [0.1, 0.15) is 6.61 Å². The number of rotatable bonds is 11. The van der Waals surface area contributed by atoms with Gasteiger partial charge in [-0.15, -0.1) is 0 Å². The van der Waals surface area contributed by atoms with Crippen LogP contribution in [0, 0.1) is 0 Å². The number of esters is 1. The lowest BCUT2D eigenvalue weighted by atomic mass is 9.93. The molecule has 0 bridgehead atoms. The summed E-state index contributed by atoms with van der Waals surface area (Å²) in [5, 5.41) is 5.63. The van der Waals surface area contributed by atoms with Gasteiger partial charge < -0.3 is 29.2 Å². The molecule has 2 atom stereocenters. The van der Waals surface area contributed by atoms with Crippen LogP contribution in [-0.2, 0) is 25.7 Å². The lowest BCUT2D eigenvalue weighted by molar-refractivity contribution is -0.143. The van der Waals surface area contributed by atoms with E-state index in [2.05, 4.69) is 5.32 Å². The highest BCUT2D eigenvalue weighted by molar-refractivity contribution is 8.16. The number of methoxy groups -OCH3 is 1. The van der Waals surface area contributed by atoms with Crippen LogP contribution in [0.25, 0.3) is 0 Å². The van der Waals surface area contributed by atoms with E-state index in [-0.39, 0.29) is 24.5 Å². The van der Waals surface area contributed by atoms with Crippen LogP contribution in [0.2, 0.25) is 0 Å². The van der Waals surface area contributed by atoms with Gasteiger partial charge in [0.05, 0.1) is 43.1 Å². The summed E-state index contributed by atoms with van der Waals surface area (Å²) < 4.78 is 23.1. The number of amides is 1. The van der Waals surface area contributed by atoms with Gasteiger partial charge in [0, 0.05) is 18.8 Å². The van der Waals surface area contributed by atoms with Crippen molar-refractivity contribution in [3.8, 4) is 11.5 Å². The Hall–Kier alpha value is -3.76. The van der Waals surface area contributed by atoms with Crippen molar-refractivity contribution in [3.63, 3.8) is 0 Å². The Morgan fingerprint density at radius 3 is 2.69 bits per heavy atom. The second-order valence-electron chi connectivity index (χ2n) is 10.6. The molecule has 1 fully saturated rings. The molecule has 0 unspecified atom stereocenters. The molecule has 0 aliphatic carbocycles. The maximum absolute atomic E-state index is 13.5. The maximum atomic E-state index is 13.5. The van der Waals surface area contributed by atoms with E-state index in [9.17, 15) is 9.59 Å². The van der Waals surface area contributed by atoms with Crippen LogP contribution in [0.4, 0.5) is 0 Å². The monoisotopic (exact) mass is 591 g/mol. The zero-order valence-electron chi connectivity index (χ0n) is 24.4. The fraction of sp³-hybridized carbons (Fsp3) is 0.406. The minimum Gasteiger partial charge on any atom is -0.493 e. The largest absolute Gasteiger partial charge is 0.493 e. The summed E-state index contributed by atoms with van der Waals surface area (Å²) in [6, 6.07) is 15.0. The van der Waals surface area contributed by atoms with Crippen LogP contribution in [0.3, 0.4) is 0 Å². The SMILES string of the molecule is COc1cc([C@@H]2C(C(=O)OC(C)C)=C(C)N=C3SC=C(CC(=O)NC[C@H]4CCCO4)N32)ccc1OCc1ccccc1. The highest BCUT2D eigenvalue weighted by atomic mass is 32.2. The van der Waals surface area contributed by atoms with Gasteiger partial charge in [-0.25, -0.2) is 9.79 Å². The molecule has 0 spiro atoms. The van der Waals surface area contributed by atoms with Gasteiger partial charge in [0.15, 0.2) is 16.7 Å². The van der Waals surface area contributed by atoms with Crippen LogP contribution in [-0.4, -0.2) is 54.4 Å². The fourth-order valence-electron chi connectivity index (χ4n) is 5.19. The van der Waals surface area contributed by atoms with Gasteiger partial charge in [0.25, 0.3) is 0 Å². The Labute approximate surface area is 250 Å². The van der Waals surface area contributed by atoms with Gasteiger partial charge in [-0.1, -0.05) is 48.2 Å². The number of allylic oxidation sites excluding steroid dienone is 1. The van der Waals surface area contributed by atoms with Gasteiger partial charge in [0.2, 0.25) is 5.91 Å². The van der Waals surface area contributed by atoms with E-state index >= 15 is 0 Å². The number of benzene rings is 2. The van der Waals surface area contributed by atoms with Crippen molar-refractivity contribution in [2.45, 2.75) is 64.9 Å². The number of ether oxygens (including phenoxy) is 4. The van der Waals surface area contributed by atoms with Crippen molar-refractivity contribution in [3.05, 3.63) is 82.0 Å². The van der Waals surface area contributed by atoms with Crippen LogP contribution in [0.1, 0.15) is 57.2 Å². The third-order valence-corrected chi connectivity index (χ3v) is 8.09. The summed E-state index contributed by atoms with van der Waals surface area (Å²) in [6.45, 7) is 7.05. The average molecular weight is 592 g/mol. The molecule has 9 nitrogen and oxygen atoms in total. The number of carbonyl (C=O) groups excluding carboxylic acids is 2. The topological polar surface area (TPSA) is 98.7 Å². The Morgan fingerprint density at radius 2 is 1.98 bits per heavy atom. The Bertz CT molecular complexity index is 1400. The van der Waals surface area contributed by atoms with Crippen molar-refractivity contribution in [1.29, 1.82) is 0 Å². The number of hydrogen-bond donors (Lipinski definition) is 1. The van der Waals surface area contributed by atoms with Crippen molar-refractivity contribution in [2.75, 3.05) is 20.3 Å². The Balaban J connectivity index is 1.43. The molecule has 1 saturated heterocycles. The van der Waals surface area contributed by atoms with Gasteiger partial charge in [-0.3, -0.25) is 4.79 Å². The molecule has 10 heteroatoms. The first kappa shape index (κ1) is 29.7. The summed E-state index contributed by atoms with van der Waals surface area (Å²) >= 11 is 1.44. The van der Waals surface area contributed by atoms with Gasteiger partial charge >= 0.3 is 5.97 Å². The molecule has 222 valence electrons. The molecular formula is C32H37N3O6S. The lowest BCUT2D eigenvalue weighted by Gasteiger charge is -2.36. The van der Waals surface area contributed by atoms with Gasteiger partial charge in [-0.05, 0) is 62.3 Å². The Morgan fingerprint density at radius 1 is 1.17 bits per heavy atom. The molecule has 3 aliphatic heterocycles. The normalized spacial score (nSPS) is 19.8. The summed E-state index contributed by atoms with van der Waals surface area (Å²) in [5.41, 5.74) is 3.57. The molecule has 5 rings (SSSR count). The first-order valence-electron chi connectivity index (χ1n) is 14.2. The number of hydrogen-bond acceptors (Lipinski definition) is 9. The molecule has 1 amide bonds. The first-order valence-corrected chi connectivity index (χ1v) is 15.1. The van der Waals surface area contributed by atoms with Gasteiger partial charge in [-0.2, -0.15) is 0 Å². The Kier molecular flexibility index (Phi) is 9.54. The van der Waals surface area contributed by atoms with Crippen LogP contribution < -0.4 is 14.8 Å². The number of nitrogens with one attached hydrogen (secondary N) is 1. The summed E-state index contributed by atoms with van der Waals surface area (Å²) in [4.78, 5) is 33.2. The van der Waals surface area contributed by atoms with Crippen molar-refractivity contribution >= 4 is 28.8 Å². The highest BCUT2D eigenvalue weighted by Gasteiger charge is 2.41. The number of thioether (sulfide) groups is 1. The summed E-state index contributed by atoms with van der Waals surface area (Å²) in [6.07, 6.45) is 1.84. The van der Waals surface area contributed by atoms with Crippen molar-refractivity contribution < 1.29 is 28.5 Å². The predicted octanol–water partition coefficient (Wildman–Crippen LogP) is 5.49. The summed E-state index contributed by atoms with van der Waals surface area (Å²) in [7, 11) is 1.59. The van der Waals surface area contributed by atoms with E-state index in [4.69, 9.17) is 23.9 Å². The third-order valence-electron chi connectivity index (χ3n) is 7.20. The third kappa shape index (κ3) is 6.82. The molecular weight excluding hydrogens is 554 g/mol. The van der Waals surface area contributed by atoms with E-state index in [0.29, 0.717) is 41.1 Å². The smallest absolute Gasteiger partial charge is 0.338 e. The van der Waals surface area contributed by atoms with E-state index < -0.39 is 12.0 Å². The van der Waals surface area contributed by atoms with Crippen LogP contribution in [0.15, 0.2) is 75.9 Å². The van der Waals surface area contributed by atoms with Crippen LogP contribution in [0.5, 0.6) is 11.5 Å². The van der Waals surface area contributed by atoms with E-state index in [0.717, 1.165) is 36.3 Å². The van der Waals surface area contributed by atoms with E-state index in [1.807, 2.05) is 79.6 Å². The quantitative estimate of drug-likeness (QED) is 0.343. The summed E-state index contributed by atoms with van der Waals surface area (Å²) in [5.74, 6) is 0.560. The number of fused-ring (bicyclic) bond motifs is 1. The molecule has 1 N–H and O–H groups in total. The first-order chi connectivity index (χ1) is 20.3. The minimum absolute atomic E-state index is 0.0545. The van der Waals surface area contributed by atoms with Crippen molar-refractivity contribution in [1.82, 2.24) is 10.2 Å². The molecule has 2 aromatic rings. The molecule has 0 radical (unpaired) electrons. The number of carbonyl (C=O) groups is 2. The van der Waals surface area contributed by atoms with E-state index in [1.54, 1.807) is 7.11 Å². The molecule has 0 saturated carbocycles. The number of amidine groups is 1. The molecule has 0 aromatic heterocycles. The molecule has 42 heavy (non-hydrogen) atoms. The fourth-order valence-corrected chi connectivity index (χ4v) is 6.16. The van der Waals surface area contributed by atoms with Crippen molar-refractivity contribution in [2.24, 2.45) is 4.99 Å². The average Bonchev–Trinajstić information content (AvgIpc) is 3.64. The number of aliphatic imine (C=N–C) groups is 1. The molecule has 3 heterocycles. The second kappa shape index (κ2) is 13.5. The number of nitrogens with zero attached hydrogens (tertiary/aromatic N) is 2.